The van der Waals surface area contributed by atoms with Gasteiger partial charge in [-0.05, 0) is 141 Å². The van der Waals surface area contributed by atoms with Crippen LogP contribution in [0.25, 0.3) is 10.8 Å². The fraction of sp³-hybridized carbons (Fsp3) is 0.659. The van der Waals surface area contributed by atoms with Crippen molar-refractivity contribution in [1.82, 2.24) is 29.9 Å². The average Bonchev–Trinajstić information content (AvgIpc) is 3.19. The summed E-state index contributed by atoms with van der Waals surface area (Å²) in [4.78, 5) is 39.7. The number of rotatable bonds is 7. The Morgan fingerprint density at radius 1 is 0.879 bits per heavy atom. The maximum Gasteiger partial charge on any atom is 0.416 e. The number of alkyl halides is 3. The number of carbonyl (C=O) groups excluding carboxylic acids is 2. The van der Waals surface area contributed by atoms with Crippen molar-refractivity contribution in [1.29, 1.82) is 0 Å². The molecule has 58 heavy (non-hydrogen) atoms. The number of likely N-dealkylation sites (tertiary alicyclic amines) is 2. The summed E-state index contributed by atoms with van der Waals surface area (Å²) in [5.74, 6) is 2.28. The molecule has 3 aromatic rings. The number of piperidine rings is 2. The fourth-order valence-electron chi connectivity index (χ4n) is 9.76. The molecule has 1 atom stereocenters. The van der Waals surface area contributed by atoms with Gasteiger partial charge in [-0.15, -0.1) is 5.10 Å². The molecule has 11 nitrogen and oxygen atoms in total. The van der Waals surface area contributed by atoms with Crippen LogP contribution in [0.3, 0.4) is 0 Å². The first-order valence-corrected chi connectivity index (χ1v) is 21.3. The van der Waals surface area contributed by atoms with Gasteiger partial charge >= 0.3 is 12.3 Å². The van der Waals surface area contributed by atoms with E-state index in [0.717, 1.165) is 81.1 Å². The number of nitrogens with zero attached hydrogens (tertiary/aromatic N) is 7. The molecular weight excluding hydrogens is 746 g/mol. The Bertz CT molecular complexity index is 1930. The number of benzene rings is 1. The molecular formula is C44H61F3N8O3. The second-order valence-electron chi connectivity index (χ2n) is 18.4. The molecule has 2 amide bonds. The quantitative estimate of drug-likeness (QED) is 0.252. The molecule has 0 unspecified atom stereocenters. The van der Waals surface area contributed by atoms with Gasteiger partial charge in [0.15, 0.2) is 5.82 Å². The summed E-state index contributed by atoms with van der Waals surface area (Å²) in [5.41, 5.74) is 0.697. The molecule has 316 valence electrons. The minimum absolute atomic E-state index is 0.0593. The highest BCUT2D eigenvalue weighted by molar-refractivity contribution is 5.94. The Hall–Kier alpha value is -4.20. The minimum atomic E-state index is -4.43. The highest BCUT2D eigenvalue weighted by Gasteiger charge is 2.41. The molecule has 14 heteroatoms. The summed E-state index contributed by atoms with van der Waals surface area (Å²) >= 11 is 0. The predicted octanol–water partition coefficient (Wildman–Crippen LogP) is 8.40. The van der Waals surface area contributed by atoms with Crippen molar-refractivity contribution in [3.63, 3.8) is 0 Å². The summed E-state index contributed by atoms with van der Waals surface area (Å²) in [5, 5.41) is 13.7. The van der Waals surface area contributed by atoms with Crippen molar-refractivity contribution in [3.05, 3.63) is 52.8 Å². The summed E-state index contributed by atoms with van der Waals surface area (Å²) in [6.07, 6.45) is 6.07. The molecule has 3 saturated heterocycles. The topological polar surface area (TPSA) is 107 Å². The number of hydrogen-bond donors (Lipinski definition) is 1. The molecule has 1 aromatic carbocycles. The van der Waals surface area contributed by atoms with E-state index in [1.54, 1.807) is 12.3 Å². The van der Waals surface area contributed by atoms with E-state index in [9.17, 15) is 22.8 Å². The van der Waals surface area contributed by atoms with Crippen LogP contribution in [0.1, 0.15) is 107 Å². The number of pyridine rings is 1. The Labute approximate surface area is 341 Å². The van der Waals surface area contributed by atoms with E-state index in [2.05, 4.69) is 25.3 Å². The standard InChI is InChI=1S/C44H61F3N8O3/c1-29-34(8-7-9-37(29)44(45,46)47)30(2)49-39-35-26-38(48-27-36(35)31(3)50-51-39)53-22-24-54(25-23-53)40(56)33-12-18-52(19-13-33)28-32-10-14-43(15-11-32)16-20-55(21-17-43)41(57)58-42(4,5)6/h7-9,26-27,30,32-33H,10-25,28H2,1-6H3,(H,49,51)/t30-/m1/s1. The molecule has 1 aliphatic carbocycles. The van der Waals surface area contributed by atoms with E-state index >= 15 is 0 Å². The molecule has 4 fully saturated rings. The van der Waals surface area contributed by atoms with Gasteiger partial charge in [0.2, 0.25) is 5.91 Å². The van der Waals surface area contributed by atoms with Gasteiger partial charge in [-0.1, -0.05) is 12.1 Å². The van der Waals surface area contributed by atoms with Crippen molar-refractivity contribution >= 4 is 34.4 Å². The fourth-order valence-corrected chi connectivity index (χ4v) is 9.76. The van der Waals surface area contributed by atoms with Gasteiger partial charge < -0.3 is 29.7 Å². The zero-order valence-electron chi connectivity index (χ0n) is 35.1. The lowest BCUT2D eigenvalue weighted by molar-refractivity contribution is -0.138. The third kappa shape index (κ3) is 9.47. The summed E-state index contributed by atoms with van der Waals surface area (Å²) < 4.78 is 46.6. The van der Waals surface area contributed by atoms with Gasteiger partial charge in [-0.25, -0.2) is 9.78 Å². The van der Waals surface area contributed by atoms with Crippen LogP contribution >= 0.6 is 0 Å². The van der Waals surface area contributed by atoms with E-state index in [0.29, 0.717) is 54.6 Å². The van der Waals surface area contributed by atoms with Crippen molar-refractivity contribution < 1.29 is 27.5 Å². The molecule has 0 radical (unpaired) electrons. The molecule has 1 N–H and O–H groups in total. The van der Waals surface area contributed by atoms with Crippen LogP contribution in [0.2, 0.25) is 0 Å². The zero-order chi connectivity index (χ0) is 41.4. The first-order chi connectivity index (χ1) is 27.5. The number of ether oxygens (including phenoxy) is 1. The summed E-state index contributed by atoms with van der Waals surface area (Å²) in [7, 11) is 0. The van der Waals surface area contributed by atoms with Gasteiger partial charge in [0.1, 0.15) is 11.4 Å². The normalized spacial score (nSPS) is 20.7. The Morgan fingerprint density at radius 2 is 1.55 bits per heavy atom. The Balaban J connectivity index is 0.875. The van der Waals surface area contributed by atoms with Crippen molar-refractivity contribution in [2.75, 3.05) is 69.1 Å². The predicted molar refractivity (Wildman–Crippen MR) is 220 cm³/mol. The van der Waals surface area contributed by atoms with E-state index in [-0.39, 0.29) is 23.5 Å². The second kappa shape index (κ2) is 16.8. The number of carbonyl (C=O) groups is 2. The number of halogens is 3. The van der Waals surface area contributed by atoms with E-state index in [1.165, 1.54) is 38.7 Å². The van der Waals surface area contributed by atoms with E-state index < -0.39 is 23.4 Å². The monoisotopic (exact) mass is 806 g/mol. The summed E-state index contributed by atoms with van der Waals surface area (Å²) in [6, 6.07) is 5.77. The number of nitrogens with one attached hydrogen (secondary N) is 1. The largest absolute Gasteiger partial charge is 0.444 e. The Morgan fingerprint density at radius 3 is 2.19 bits per heavy atom. The molecule has 4 aliphatic rings. The first-order valence-electron chi connectivity index (χ1n) is 21.3. The maximum absolute atomic E-state index is 13.7. The molecule has 1 saturated carbocycles. The molecule has 3 aliphatic heterocycles. The third-order valence-electron chi connectivity index (χ3n) is 13.3. The van der Waals surface area contributed by atoms with Crippen molar-refractivity contribution in [2.45, 2.75) is 111 Å². The van der Waals surface area contributed by atoms with E-state index in [4.69, 9.17) is 9.72 Å². The molecule has 5 heterocycles. The molecule has 2 aromatic heterocycles. The first kappa shape index (κ1) is 41.9. The lowest BCUT2D eigenvalue weighted by Crippen LogP contribution is -2.52. The Kier molecular flexibility index (Phi) is 12.2. The average molecular weight is 807 g/mol. The van der Waals surface area contributed by atoms with Gasteiger partial charge in [0.05, 0.1) is 17.3 Å². The van der Waals surface area contributed by atoms with Gasteiger partial charge in [-0.3, -0.25) is 4.79 Å². The van der Waals surface area contributed by atoms with Crippen molar-refractivity contribution in [2.24, 2.45) is 17.3 Å². The van der Waals surface area contributed by atoms with Crippen LogP contribution in [0.5, 0.6) is 0 Å². The van der Waals surface area contributed by atoms with Crippen LogP contribution in [0.15, 0.2) is 30.5 Å². The number of aryl methyl sites for hydroxylation is 1. The minimum Gasteiger partial charge on any atom is -0.444 e. The lowest BCUT2D eigenvalue weighted by Gasteiger charge is -2.46. The summed E-state index contributed by atoms with van der Waals surface area (Å²) in [6.45, 7) is 18.1. The number of aromatic nitrogens is 3. The lowest BCUT2D eigenvalue weighted by atomic mass is 9.65. The molecule has 0 bridgehead atoms. The number of amides is 2. The van der Waals surface area contributed by atoms with Crippen LogP contribution in [-0.4, -0.2) is 106 Å². The highest BCUT2D eigenvalue weighted by Crippen LogP contribution is 2.47. The number of fused-ring (bicyclic) bond motifs is 1. The van der Waals surface area contributed by atoms with E-state index in [1.807, 2.05) is 50.5 Å². The zero-order valence-corrected chi connectivity index (χ0v) is 35.1. The van der Waals surface area contributed by atoms with Crippen molar-refractivity contribution in [3.8, 4) is 0 Å². The number of piperazine rings is 1. The van der Waals surface area contributed by atoms with Crippen LogP contribution < -0.4 is 10.2 Å². The van der Waals surface area contributed by atoms with Crippen LogP contribution in [0, 0.1) is 31.1 Å². The van der Waals surface area contributed by atoms with Gasteiger partial charge in [0.25, 0.3) is 0 Å². The molecule has 1 spiro atoms. The van der Waals surface area contributed by atoms with Crippen LogP contribution in [0.4, 0.5) is 29.6 Å². The van der Waals surface area contributed by atoms with Gasteiger partial charge in [-0.2, -0.15) is 18.3 Å². The van der Waals surface area contributed by atoms with Gasteiger partial charge in [0, 0.05) is 68.7 Å². The maximum atomic E-state index is 13.7. The molecule has 7 rings (SSSR count). The smallest absolute Gasteiger partial charge is 0.416 e. The SMILES string of the molecule is Cc1c([C@@H](C)Nc2nnc(C)c3cnc(N4CCN(C(=O)C5CCN(CC6CCC7(CC6)CCN(C(=O)OC(C)(C)C)CC7)CC5)CC4)cc23)cccc1C(F)(F)F. The third-order valence-corrected chi connectivity index (χ3v) is 13.3. The highest BCUT2D eigenvalue weighted by atomic mass is 19.4. The number of hydrogen-bond acceptors (Lipinski definition) is 9. The second-order valence-corrected chi connectivity index (χ2v) is 18.4. The van der Waals surface area contributed by atoms with Crippen LogP contribution in [-0.2, 0) is 15.7 Å². The number of anilines is 2.